The minimum absolute atomic E-state index is 0.0199. The fourth-order valence-electron chi connectivity index (χ4n) is 6.19. The number of nitrogens with zero attached hydrogens (tertiary/aromatic N) is 3. The molecule has 1 rings (SSSR count). The molecule has 1 saturated heterocycles. The van der Waals surface area contributed by atoms with Crippen LogP contribution in [-0.4, -0.2) is 111 Å². The molecule has 3 amide bonds. The van der Waals surface area contributed by atoms with Crippen molar-refractivity contribution in [2.45, 2.75) is 111 Å². The topological polar surface area (TPSA) is 91.4 Å². The maximum atomic E-state index is 13.8. The van der Waals surface area contributed by atoms with Gasteiger partial charge in [-0.2, -0.15) is 0 Å². The molecule has 2 unspecified atom stereocenters. The second-order valence-corrected chi connectivity index (χ2v) is 13.4. The lowest BCUT2D eigenvalue weighted by Crippen LogP contribution is -2.55. The van der Waals surface area contributed by atoms with E-state index < -0.39 is 6.10 Å². The molecule has 0 saturated carbocycles. The van der Waals surface area contributed by atoms with E-state index in [9.17, 15) is 14.4 Å². The van der Waals surface area contributed by atoms with Crippen LogP contribution in [0, 0.1) is 23.2 Å². The van der Waals surface area contributed by atoms with Crippen molar-refractivity contribution < 1.29 is 23.9 Å². The zero-order chi connectivity index (χ0) is 30.9. The summed E-state index contributed by atoms with van der Waals surface area (Å²) >= 11 is 0. The van der Waals surface area contributed by atoms with Crippen LogP contribution in [0.25, 0.3) is 0 Å². The van der Waals surface area contributed by atoms with Crippen LogP contribution in [0.2, 0.25) is 0 Å². The number of methoxy groups -OCH3 is 2. The molecule has 1 N–H and O–H groups in total. The molecule has 0 aliphatic carbocycles. The van der Waals surface area contributed by atoms with E-state index in [2.05, 4.69) is 46.9 Å². The Balaban J connectivity index is 3.07. The quantitative estimate of drug-likeness (QED) is 0.324. The highest BCUT2D eigenvalue weighted by atomic mass is 16.5. The molecule has 0 aromatic rings. The van der Waals surface area contributed by atoms with Crippen molar-refractivity contribution in [3.05, 3.63) is 0 Å². The van der Waals surface area contributed by atoms with Crippen LogP contribution in [0.5, 0.6) is 0 Å². The van der Waals surface area contributed by atoms with Gasteiger partial charge in [0.2, 0.25) is 17.7 Å². The number of hydrogen-bond donors (Lipinski definition) is 1. The molecule has 40 heavy (non-hydrogen) atoms. The second-order valence-electron chi connectivity index (χ2n) is 13.4. The number of likely N-dealkylation sites (N-methyl/N-ethyl adjacent to an activating group) is 2. The number of hydrogen-bond acceptors (Lipinski definition) is 6. The fourth-order valence-corrected chi connectivity index (χ4v) is 6.19. The molecular formula is C31H60N4O5. The van der Waals surface area contributed by atoms with Crippen LogP contribution in [0.1, 0.15) is 81.1 Å². The normalized spacial score (nSPS) is 20.7. The standard InChI is InChI=1S/C31H60N4O5/c1-14-21(4)28(34(11)26(37)19-32-30(38)27(20(2)3)33(9)10)24(39-12)18-25(36)35-17-15-16-23(35)29(40-13)22(5)31(6,7)8/h20-24,27-29H,14-19H2,1-13H3,(H,32,38)/t21-,22+,23-,24+,27?,28?,29+/m0/s1. The third-order valence-electron chi connectivity index (χ3n) is 9.13. The minimum atomic E-state index is -0.473. The maximum Gasteiger partial charge on any atom is 0.242 e. The van der Waals surface area contributed by atoms with Gasteiger partial charge in [0.05, 0.1) is 43.3 Å². The Kier molecular flexibility index (Phi) is 14.6. The second kappa shape index (κ2) is 16.1. The molecule has 234 valence electrons. The van der Waals surface area contributed by atoms with E-state index in [0.29, 0.717) is 6.54 Å². The first-order valence-corrected chi connectivity index (χ1v) is 15.1. The van der Waals surface area contributed by atoms with E-state index in [1.54, 1.807) is 26.2 Å². The van der Waals surface area contributed by atoms with E-state index >= 15 is 0 Å². The first-order valence-electron chi connectivity index (χ1n) is 15.1. The zero-order valence-electron chi connectivity index (χ0n) is 27.7. The van der Waals surface area contributed by atoms with Gasteiger partial charge >= 0.3 is 0 Å². The maximum absolute atomic E-state index is 13.8. The molecule has 0 radical (unpaired) electrons. The summed E-state index contributed by atoms with van der Waals surface area (Å²) in [6.45, 7) is 17.6. The van der Waals surface area contributed by atoms with Gasteiger partial charge in [-0.15, -0.1) is 0 Å². The largest absolute Gasteiger partial charge is 0.379 e. The Hall–Kier alpha value is -1.71. The average molecular weight is 569 g/mol. The molecule has 1 heterocycles. The molecule has 0 aromatic carbocycles. The summed E-state index contributed by atoms with van der Waals surface area (Å²) in [6, 6.07) is -0.615. The van der Waals surface area contributed by atoms with Crippen LogP contribution >= 0.6 is 0 Å². The summed E-state index contributed by atoms with van der Waals surface area (Å²) in [7, 11) is 8.82. The number of likely N-dealkylation sites (tertiary alicyclic amines) is 1. The molecule has 1 fully saturated rings. The monoisotopic (exact) mass is 568 g/mol. The molecule has 9 nitrogen and oxygen atoms in total. The molecular weight excluding hydrogens is 508 g/mol. The van der Waals surface area contributed by atoms with Crippen molar-refractivity contribution in [2.24, 2.45) is 23.2 Å². The van der Waals surface area contributed by atoms with E-state index in [1.165, 1.54) is 0 Å². The number of nitrogens with one attached hydrogen (secondary N) is 1. The van der Waals surface area contributed by atoms with Gasteiger partial charge in [0.25, 0.3) is 0 Å². The summed E-state index contributed by atoms with van der Waals surface area (Å²) in [5, 5.41) is 2.83. The lowest BCUT2D eigenvalue weighted by atomic mass is 9.76. The first kappa shape index (κ1) is 36.3. The van der Waals surface area contributed by atoms with Crippen LogP contribution in [-0.2, 0) is 23.9 Å². The SMILES string of the molecule is CC[C@H](C)C([C@@H](CC(=O)N1CCC[C@H]1[C@H](OC)[C@@H](C)C(C)(C)C)OC)N(C)C(=O)CNC(=O)C(C(C)C)N(C)C. The Labute approximate surface area is 244 Å². The number of carbonyl (C=O) groups is 3. The van der Waals surface area contributed by atoms with Crippen molar-refractivity contribution in [2.75, 3.05) is 48.5 Å². The van der Waals surface area contributed by atoms with Crippen molar-refractivity contribution >= 4 is 17.7 Å². The fraction of sp³-hybridized carbons (Fsp3) is 0.903. The average Bonchev–Trinajstić information content (AvgIpc) is 3.35. The Bertz CT molecular complexity index is 804. The van der Waals surface area contributed by atoms with Crippen LogP contribution in [0.15, 0.2) is 0 Å². The van der Waals surface area contributed by atoms with Crippen LogP contribution in [0.4, 0.5) is 0 Å². The van der Waals surface area contributed by atoms with Crippen LogP contribution < -0.4 is 5.32 Å². The van der Waals surface area contributed by atoms with Gasteiger partial charge in [0, 0.05) is 27.8 Å². The van der Waals surface area contributed by atoms with Crippen molar-refractivity contribution in [1.29, 1.82) is 0 Å². The third-order valence-corrected chi connectivity index (χ3v) is 9.13. The number of amides is 3. The molecule has 1 aliphatic heterocycles. The van der Waals surface area contributed by atoms with Gasteiger partial charge in [0.15, 0.2) is 0 Å². The summed E-state index contributed by atoms with van der Waals surface area (Å²) in [4.78, 5) is 45.4. The van der Waals surface area contributed by atoms with E-state index in [1.807, 2.05) is 37.7 Å². The summed E-state index contributed by atoms with van der Waals surface area (Å²) in [5.74, 6) is 0.131. The van der Waals surface area contributed by atoms with Gasteiger partial charge in [-0.25, -0.2) is 0 Å². The molecule has 0 aromatic heterocycles. The Morgan fingerprint density at radius 2 is 1.62 bits per heavy atom. The highest BCUT2D eigenvalue weighted by molar-refractivity contribution is 5.87. The smallest absolute Gasteiger partial charge is 0.242 e. The number of carbonyl (C=O) groups excluding carboxylic acids is 3. The lowest BCUT2D eigenvalue weighted by molar-refractivity contribution is -0.145. The number of ether oxygens (including phenoxy) is 2. The Morgan fingerprint density at radius 1 is 1.02 bits per heavy atom. The van der Waals surface area contributed by atoms with Gasteiger partial charge < -0.3 is 24.6 Å². The summed E-state index contributed by atoms with van der Waals surface area (Å²) < 4.78 is 11.9. The Morgan fingerprint density at radius 3 is 2.08 bits per heavy atom. The van der Waals surface area contributed by atoms with Crippen molar-refractivity contribution in [1.82, 2.24) is 20.0 Å². The molecule has 0 bridgehead atoms. The molecule has 7 atom stereocenters. The van der Waals surface area contributed by atoms with Gasteiger partial charge in [-0.1, -0.05) is 61.8 Å². The van der Waals surface area contributed by atoms with E-state index in [0.717, 1.165) is 19.3 Å². The van der Waals surface area contributed by atoms with E-state index in [4.69, 9.17) is 9.47 Å². The van der Waals surface area contributed by atoms with E-state index in [-0.39, 0.29) is 78.1 Å². The van der Waals surface area contributed by atoms with Gasteiger partial charge in [-0.3, -0.25) is 19.3 Å². The molecule has 1 aliphatic rings. The summed E-state index contributed by atoms with van der Waals surface area (Å²) in [6.07, 6.45) is 2.34. The summed E-state index contributed by atoms with van der Waals surface area (Å²) in [5.41, 5.74) is 0.0505. The number of rotatable bonds is 15. The minimum Gasteiger partial charge on any atom is -0.379 e. The van der Waals surface area contributed by atoms with Gasteiger partial charge in [-0.05, 0) is 50.1 Å². The van der Waals surface area contributed by atoms with Crippen molar-refractivity contribution in [3.63, 3.8) is 0 Å². The lowest BCUT2D eigenvalue weighted by Gasteiger charge is -2.41. The highest BCUT2D eigenvalue weighted by Crippen LogP contribution is 2.36. The molecule has 9 heteroatoms. The predicted octanol–water partition coefficient (Wildman–Crippen LogP) is 3.66. The van der Waals surface area contributed by atoms with Crippen molar-refractivity contribution in [3.8, 4) is 0 Å². The van der Waals surface area contributed by atoms with Gasteiger partial charge in [0.1, 0.15) is 0 Å². The predicted molar refractivity (Wildman–Crippen MR) is 161 cm³/mol. The highest BCUT2D eigenvalue weighted by Gasteiger charge is 2.42. The zero-order valence-corrected chi connectivity index (χ0v) is 27.7. The third kappa shape index (κ3) is 9.41. The van der Waals surface area contributed by atoms with Crippen LogP contribution in [0.3, 0.4) is 0 Å². The molecule has 0 spiro atoms. The first-order chi connectivity index (χ1) is 18.5.